The molecule has 3 heterocycles. The van der Waals surface area contributed by atoms with E-state index in [4.69, 9.17) is 24.2 Å². The molecular formula is C28H28N2O4. The maximum absolute atomic E-state index is 12.5. The SMILES string of the molecule is COC(=O)Cc1c(C)nc2cccc(OC(C)(C)C)c2c1-c1ccc2c3c(ccnc13)CCO2. The molecule has 6 heteroatoms. The number of carbonyl (C=O) groups is 1. The van der Waals surface area contributed by atoms with Gasteiger partial charge in [-0.2, -0.15) is 0 Å². The van der Waals surface area contributed by atoms with Crippen molar-refractivity contribution >= 4 is 27.8 Å². The van der Waals surface area contributed by atoms with Crippen molar-refractivity contribution in [2.24, 2.45) is 0 Å². The van der Waals surface area contributed by atoms with E-state index in [-0.39, 0.29) is 12.4 Å². The quantitative estimate of drug-likeness (QED) is 0.373. The van der Waals surface area contributed by atoms with Crippen LogP contribution >= 0.6 is 0 Å². The Morgan fingerprint density at radius 3 is 2.71 bits per heavy atom. The van der Waals surface area contributed by atoms with Crippen LogP contribution in [0.2, 0.25) is 0 Å². The van der Waals surface area contributed by atoms with Crippen molar-refractivity contribution in [1.82, 2.24) is 9.97 Å². The van der Waals surface area contributed by atoms with Crippen LogP contribution in [0.3, 0.4) is 0 Å². The normalized spacial score (nSPS) is 13.1. The van der Waals surface area contributed by atoms with Gasteiger partial charge >= 0.3 is 5.97 Å². The molecule has 0 saturated heterocycles. The number of rotatable bonds is 4. The van der Waals surface area contributed by atoms with E-state index in [1.807, 2.05) is 64.2 Å². The van der Waals surface area contributed by atoms with E-state index in [9.17, 15) is 4.79 Å². The number of aromatic nitrogens is 2. The van der Waals surface area contributed by atoms with Gasteiger partial charge in [0.25, 0.3) is 0 Å². The van der Waals surface area contributed by atoms with Gasteiger partial charge in [-0.15, -0.1) is 0 Å². The zero-order chi connectivity index (χ0) is 24.0. The summed E-state index contributed by atoms with van der Waals surface area (Å²) >= 11 is 0. The molecule has 1 aliphatic heterocycles. The first-order chi connectivity index (χ1) is 16.3. The van der Waals surface area contributed by atoms with Gasteiger partial charge in [0.2, 0.25) is 0 Å². The fraction of sp³-hybridized carbons (Fsp3) is 0.321. The van der Waals surface area contributed by atoms with Crippen molar-refractivity contribution in [2.75, 3.05) is 13.7 Å². The summed E-state index contributed by atoms with van der Waals surface area (Å²) < 4.78 is 17.4. The average Bonchev–Trinajstić information content (AvgIpc) is 2.80. The molecule has 0 N–H and O–H groups in total. The summed E-state index contributed by atoms with van der Waals surface area (Å²) in [4.78, 5) is 22.1. The number of pyridine rings is 2. The molecule has 0 atom stereocenters. The minimum absolute atomic E-state index is 0.101. The van der Waals surface area contributed by atoms with Gasteiger partial charge in [-0.05, 0) is 69.2 Å². The number of esters is 1. The second-order valence-corrected chi connectivity index (χ2v) is 9.57. The van der Waals surface area contributed by atoms with Crippen molar-refractivity contribution in [2.45, 2.75) is 46.1 Å². The molecule has 1 aliphatic rings. The molecule has 0 unspecified atom stereocenters. The molecule has 34 heavy (non-hydrogen) atoms. The lowest BCUT2D eigenvalue weighted by Gasteiger charge is -2.25. The standard InChI is InChI=1S/C28H28N2O4/c1-16-19(15-23(31)32-5)25(26-20(30-16)7-6-8-22(26)34-28(2,3)4)18-9-10-21-24-17(12-14-33-21)11-13-29-27(18)24/h6-11,13H,12,14-15H2,1-5H3. The summed E-state index contributed by atoms with van der Waals surface area (Å²) in [6.07, 6.45) is 2.78. The first-order valence-corrected chi connectivity index (χ1v) is 11.5. The molecule has 0 fully saturated rings. The highest BCUT2D eigenvalue weighted by atomic mass is 16.5. The van der Waals surface area contributed by atoms with Gasteiger partial charge in [-0.3, -0.25) is 14.8 Å². The van der Waals surface area contributed by atoms with Gasteiger partial charge in [0.15, 0.2) is 0 Å². The van der Waals surface area contributed by atoms with Crippen molar-refractivity contribution in [1.29, 1.82) is 0 Å². The van der Waals surface area contributed by atoms with E-state index in [0.29, 0.717) is 6.61 Å². The predicted molar refractivity (Wildman–Crippen MR) is 133 cm³/mol. The number of aryl methyl sites for hydroxylation is 1. The summed E-state index contributed by atoms with van der Waals surface area (Å²) in [5, 5.41) is 1.88. The molecule has 0 amide bonds. The second kappa shape index (κ2) is 8.28. The number of hydrogen-bond donors (Lipinski definition) is 0. The molecule has 0 saturated carbocycles. The van der Waals surface area contributed by atoms with Crippen LogP contribution in [0.1, 0.15) is 37.6 Å². The Kier molecular flexibility index (Phi) is 5.39. The highest BCUT2D eigenvalue weighted by molar-refractivity contribution is 6.09. The first kappa shape index (κ1) is 22.1. The molecule has 4 aromatic rings. The van der Waals surface area contributed by atoms with Crippen LogP contribution in [-0.2, 0) is 22.4 Å². The highest BCUT2D eigenvalue weighted by Crippen LogP contribution is 2.44. The molecule has 2 aromatic carbocycles. The summed E-state index contributed by atoms with van der Waals surface area (Å²) in [7, 11) is 1.40. The summed E-state index contributed by atoms with van der Waals surface area (Å²) in [6, 6.07) is 12.0. The zero-order valence-electron chi connectivity index (χ0n) is 20.2. The van der Waals surface area contributed by atoms with Gasteiger partial charge in [0.1, 0.15) is 17.1 Å². The van der Waals surface area contributed by atoms with Crippen LogP contribution in [-0.4, -0.2) is 35.3 Å². The Morgan fingerprint density at radius 2 is 1.94 bits per heavy atom. The van der Waals surface area contributed by atoms with E-state index in [1.54, 1.807) is 0 Å². The Labute approximate surface area is 198 Å². The molecule has 0 spiro atoms. The largest absolute Gasteiger partial charge is 0.493 e. The minimum Gasteiger partial charge on any atom is -0.493 e. The maximum atomic E-state index is 12.5. The van der Waals surface area contributed by atoms with Crippen LogP contribution in [0.15, 0.2) is 42.6 Å². The molecule has 2 aromatic heterocycles. The molecular weight excluding hydrogens is 428 g/mol. The zero-order valence-corrected chi connectivity index (χ0v) is 20.2. The molecule has 0 aliphatic carbocycles. The second-order valence-electron chi connectivity index (χ2n) is 9.57. The van der Waals surface area contributed by atoms with Crippen LogP contribution < -0.4 is 9.47 Å². The van der Waals surface area contributed by atoms with E-state index < -0.39 is 5.60 Å². The lowest BCUT2D eigenvalue weighted by molar-refractivity contribution is -0.139. The molecule has 6 nitrogen and oxygen atoms in total. The summed E-state index contributed by atoms with van der Waals surface area (Å²) in [6.45, 7) is 8.64. The highest BCUT2D eigenvalue weighted by Gasteiger charge is 2.25. The average molecular weight is 457 g/mol. The van der Waals surface area contributed by atoms with Crippen LogP contribution in [0.4, 0.5) is 0 Å². The number of nitrogens with zero attached hydrogens (tertiary/aromatic N) is 2. The first-order valence-electron chi connectivity index (χ1n) is 11.5. The molecule has 0 radical (unpaired) electrons. The fourth-order valence-corrected chi connectivity index (χ4v) is 4.69. The van der Waals surface area contributed by atoms with Gasteiger partial charge in [0, 0.05) is 34.8 Å². The van der Waals surface area contributed by atoms with Gasteiger partial charge in [-0.25, -0.2) is 0 Å². The smallest absolute Gasteiger partial charge is 0.310 e. The van der Waals surface area contributed by atoms with E-state index in [0.717, 1.165) is 62.1 Å². The van der Waals surface area contributed by atoms with Crippen molar-refractivity contribution < 1.29 is 19.0 Å². The third-order valence-electron chi connectivity index (χ3n) is 6.08. The van der Waals surface area contributed by atoms with E-state index in [1.165, 1.54) is 12.7 Å². The fourth-order valence-electron chi connectivity index (χ4n) is 4.69. The number of ether oxygens (including phenoxy) is 3. The molecule has 0 bridgehead atoms. The molecule has 5 rings (SSSR count). The van der Waals surface area contributed by atoms with Crippen molar-refractivity contribution in [3.05, 3.63) is 59.4 Å². The predicted octanol–water partition coefficient (Wildman–Crippen LogP) is 5.59. The van der Waals surface area contributed by atoms with E-state index in [2.05, 4.69) is 6.07 Å². The third-order valence-corrected chi connectivity index (χ3v) is 6.08. The van der Waals surface area contributed by atoms with Gasteiger partial charge in [-0.1, -0.05) is 6.07 Å². The Morgan fingerprint density at radius 1 is 1.12 bits per heavy atom. The number of carbonyl (C=O) groups excluding carboxylic acids is 1. The minimum atomic E-state index is -0.412. The Bertz CT molecular complexity index is 1430. The van der Waals surface area contributed by atoms with Gasteiger partial charge in [0.05, 0.1) is 36.6 Å². The number of fused-ring (bicyclic) bond motifs is 1. The van der Waals surface area contributed by atoms with E-state index >= 15 is 0 Å². The van der Waals surface area contributed by atoms with Crippen LogP contribution in [0.5, 0.6) is 11.5 Å². The topological polar surface area (TPSA) is 70.5 Å². The lowest BCUT2D eigenvalue weighted by Crippen LogP contribution is -2.23. The van der Waals surface area contributed by atoms with Gasteiger partial charge < -0.3 is 14.2 Å². The maximum Gasteiger partial charge on any atom is 0.310 e. The molecule has 174 valence electrons. The third kappa shape index (κ3) is 3.83. The summed E-state index contributed by atoms with van der Waals surface area (Å²) in [5.74, 6) is 1.23. The number of benzene rings is 2. The number of hydrogen-bond acceptors (Lipinski definition) is 6. The Hall–Kier alpha value is -3.67. The lowest BCUT2D eigenvalue weighted by atomic mass is 9.89. The van der Waals surface area contributed by atoms with Crippen molar-refractivity contribution in [3.63, 3.8) is 0 Å². The number of methoxy groups -OCH3 is 1. The van der Waals surface area contributed by atoms with Crippen LogP contribution in [0, 0.1) is 6.92 Å². The van der Waals surface area contributed by atoms with Crippen molar-refractivity contribution in [3.8, 4) is 22.6 Å². The summed E-state index contributed by atoms with van der Waals surface area (Å²) in [5.41, 5.74) is 5.85. The Balaban J connectivity index is 1.92. The van der Waals surface area contributed by atoms with Crippen LogP contribution in [0.25, 0.3) is 32.9 Å². The monoisotopic (exact) mass is 456 g/mol.